The van der Waals surface area contributed by atoms with Crippen LogP contribution in [0.25, 0.3) is 0 Å². The van der Waals surface area contributed by atoms with E-state index in [0.717, 1.165) is 30.2 Å². The van der Waals surface area contributed by atoms with Crippen LogP contribution in [0.4, 0.5) is 0 Å². The van der Waals surface area contributed by atoms with Gasteiger partial charge in [0.05, 0.1) is 12.2 Å². The largest absolute Gasteiger partial charge is 0.370 e. The minimum atomic E-state index is 0. The maximum absolute atomic E-state index is 5.84. The average molecular weight is 417 g/mol. The normalized spacial score (nSPS) is 11.0. The molecule has 0 atom stereocenters. The van der Waals surface area contributed by atoms with Crippen molar-refractivity contribution < 1.29 is 0 Å². The highest BCUT2D eigenvalue weighted by Crippen LogP contribution is 2.08. The van der Waals surface area contributed by atoms with Crippen LogP contribution in [0.3, 0.4) is 0 Å². The highest BCUT2D eigenvalue weighted by Gasteiger charge is 1.99. The summed E-state index contributed by atoms with van der Waals surface area (Å²) in [6.07, 6.45) is 0.958. The van der Waals surface area contributed by atoms with Crippen molar-refractivity contribution in [1.29, 1.82) is 0 Å². The summed E-state index contributed by atoms with van der Waals surface area (Å²) in [5.41, 5.74) is 7.67. The van der Waals surface area contributed by atoms with E-state index in [2.05, 4.69) is 37.8 Å². The van der Waals surface area contributed by atoms with Crippen molar-refractivity contribution in [2.75, 3.05) is 6.54 Å². The number of nitrogens with two attached hydrogens (primary N) is 1. The first-order valence-electron chi connectivity index (χ1n) is 6.51. The van der Waals surface area contributed by atoms with Crippen LogP contribution in [0.15, 0.2) is 28.6 Å². The second-order valence-corrected chi connectivity index (χ2v) is 5.54. The smallest absolute Gasteiger partial charge is 0.188 e. The zero-order chi connectivity index (χ0) is 14.4. The first-order chi connectivity index (χ1) is 9.63. The Kier molecular flexibility index (Phi) is 7.58. The molecule has 2 aromatic heterocycles. The third-order valence-corrected chi connectivity index (χ3v) is 3.62. The Hall–Kier alpha value is -1.22. The highest BCUT2D eigenvalue weighted by molar-refractivity contribution is 14.0. The molecule has 0 radical (unpaired) electrons. The monoisotopic (exact) mass is 417 g/mol. The van der Waals surface area contributed by atoms with Crippen LogP contribution in [-0.2, 0) is 13.0 Å². The highest BCUT2D eigenvalue weighted by atomic mass is 127. The van der Waals surface area contributed by atoms with Gasteiger partial charge in [-0.3, -0.25) is 0 Å². The van der Waals surface area contributed by atoms with Gasteiger partial charge in [-0.15, -0.1) is 35.3 Å². The third-order valence-electron chi connectivity index (χ3n) is 2.69. The Labute approximate surface area is 146 Å². The van der Waals surface area contributed by atoms with Gasteiger partial charge in [0.1, 0.15) is 5.82 Å². The molecule has 3 N–H and O–H groups in total. The van der Waals surface area contributed by atoms with E-state index < -0.39 is 0 Å². The standard InChI is InChI=1S/C14H19N5S.HI/c1-10-8-12(19-11(2)18-10)9-17-14(15)16-6-5-13-4-3-7-20-13;/h3-4,7-8H,5-6,9H2,1-2H3,(H3,15,16,17);1H. The summed E-state index contributed by atoms with van der Waals surface area (Å²) in [5.74, 6) is 1.22. The molecular weight excluding hydrogens is 397 g/mol. The molecule has 0 saturated carbocycles. The lowest BCUT2D eigenvalue weighted by molar-refractivity contribution is 0.846. The van der Waals surface area contributed by atoms with Crippen LogP contribution >= 0.6 is 35.3 Å². The summed E-state index contributed by atoms with van der Waals surface area (Å²) in [6, 6.07) is 6.10. The lowest BCUT2D eigenvalue weighted by Crippen LogP contribution is -2.33. The second kappa shape index (κ2) is 8.93. The molecule has 7 heteroatoms. The van der Waals surface area contributed by atoms with E-state index in [-0.39, 0.29) is 24.0 Å². The first-order valence-corrected chi connectivity index (χ1v) is 7.39. The molecule has 0 aromatic carbocycles. The van der Waals surface area contributed by atoms with Gasteiger partial charge in [-0.2, -0.15) is 0 Å². The van der Waals surface area contributed by atoms with E-state index in [0.29, 0.717) is 12.5 Å². The number of halogens is 1. The van der Waals surface area contributed by atoms with Crippen LogP contribution in [0, 0.1) is 13.8 Å². The van der Waals surface area contributed by atoms with Crippen LogP contribution in [-0.4, -0.2) is 22.5 Å². The molecule has 0 saturated heterocycles. The SMILES string of the molecule is Cc1cc(CN=C(N)NCCc2cccs2)nc(C)n1.I. The van der Waals surface area contributed by atoms with Crippen LogP contribution in [0.2, 0.25) is 0 Å². The number of nitrogens with zero attached hydrogens (tertiary/aromatic N) is 3. The summed E-state index contributed by atoms with van der Waals surface area (Å²) in [4.78, 5) is 14.2. The Balaban J connectivity index is 0.00000220. The Morgan fingerprint density at radius 1 is 1.38 bits per heavy atom. The van der Waals surface area contributed by atoms with E-state index in [4.69, 9.17) is 5.73 Å². The first kappa shape index (κ1) is 17.8. The zero-order valence-electron chi connectivity index (χ0n) is 12.2. The number of thiophene rings is 1. The van der Waals surface area contributed by atoms with Crippen molar-refractivity contribution in [1.82, 2.24) is 15.3 Å². The number of aromatic nitrogens is 2. The predicted octanol–water partition coefficient (Wildman–Crippen LogP) is 2.42. The lowest BCUT2D eigenvalue weighted by Gasteiger charge is -2.05. The summed E-state index contributed by atoms with van der Waals surface area (Å²) in [5, 5.41) is 5.19. The fraction of sp³-hybridized carbons (Fsp3) is 0.357. The fourth-order valence-corrected chi connectivity index (χ4v) is 2.57. The molecule has 0 unspecified atom stereocenters. The molecule has 2 rings (SSSR count). The predicted molar refractivity (Wildman–Crippen MR) is 98.3 cm³/mol. The molecule has 0 aliphatic heterocycles. The molecule has 0 aliphatic carbocycles. The van der Waals surface area contributed by atoms with E-state index in [1.54, 1.807) is 11.3 Å². The Morgan fingerprint density at radius 3 is 2.86 bits per heavy atom. The number of aliphatic imine (C=N–C) groups is 1. The van der Waals surface area contributed by atoms with E-state index in [1.807, 2.05) is 19.9 Å². The zero-order valence-corrected chi connectivity index (χ0v) is 15.3. The molecule has 2 heterocycles. The molecule has 0 aliphatic rings. The fourth-order valence-electron chi connectivity index (χ4n) is 1.87. The Morgan fingerprint density at radius 2 is 2.19 bits per heavy atom. The molecule has 0 amide bonds. The van der Waals surface area contributed by atoms with Crippen LogP contribution in [0.5, 0.6) is 0 Å². The number of hydrogen-bond donors (Lipinski definition) is 2. The van der Waals surface area contributed by atoms with Crippen LogP contribution in [0.1, 0.15) is 22.1 Å². The minimum absolute atomic E-state index is 0. The van der Waals surface area contributed by atoms with Crippen molar-refractivity contribution in [3.05, 3.63) is 45.7 Å². The van der Waals surface area contributed by atoms with Crippen molar-refractivity contribution in [3.8, 4) is 0 Å². The van der Waals surface area contributed by atoms with E-state index in [1.165, 1.54) is 4.88 Å². The summed E-state index contributed by atoms with van der Waals surface area (Å²) >= 11 is 1.75. The molecule has 0 spiro atoms. The van der Waals surface area contributed by atoms with Gasteiger partial charge >= 0.3 is 0 Å². The van der Waals surface area contributed by atoms with Gasteiger partial charge in [0.2, 0.25) is 0 Å². The molecular formula is C14H20IN5S. The van der Waals surface area contributed by atoms with Gasteiger partial charge in [-0.1, -0.05) is 6.07 Å². The van der Waals surface area contributed by atoms with Crippen molar-refractivity contribution in [2.24, 2.45) is 10.7 Å². The third kappa shape index (κ3) is 6.38. The maximum atomic E-state index is 5.84. The molecule has 21 heavy (non-hydrogen) atoms. The van der Waals surface area contributed by atoms with Gasteiger partial charge in [0, 0.05) is 17.1 Å². The van der Waals surface area contributed by atoms with Crippen LogP contribution < -0.4 is 11.1 Å². The lowest BCUT2D eigenvalue weighted by atomic mass is 10.3. The van der Waals surface area contributed by atoms with Gasteiger partial charge in [0.25, 0.3) is 0 Å². The molecule has 114 valence electrons. The average Bonchev–Trinajstić information content (AvgIpc) is 2.88. The minimum Gasteiger partial charge on any atom is -0.370 e. The molecule has 5 nitrogen and oxygen atoms in total. The number of rotatable bonds is 5. The molecule has 0 bridgehead atoms. The topological polar surface area (TPSA) is 76.2 Å². The van der Waals surface area contributed by atoms with Gasteiger partial charge in [0.15, 0.2) is 5.96 Å². The van der Waals surface area contributed by atoms with E-state index in [9.17, 15) is 0 Å². The maximum Gasteiger partial charge on any atom is 0.188 e. The number of hydrogen-bond acceptors (Lipinski definition) is 4. The van der Waals surface area contributed by atoms with Crippen molar-refractivity contribution >= 4 is 41.3 Å². The summed E-state index contributed by atoms with van der Waals surface area (Å²) in [7, 11) is 0. The van der Waals surface area contributed by atoms with Crippen molar-refractivity contribution in [2.45, 2.75) is 26.8 Å². The summed E-state index contributed by atoms with van der Waals surface area (Å²) in [6.45, 7) is 5.09. The van der Waals surface area contributed by atoms with Gasteiger partial charge in [-0.05, 0) is 37.8 Å². The molecule has 2 aromatic rings. The number of nitrogens with one attached hydrogen (secondary N) is 1. The number of aryl methyl sites for hydroxylation is 2. The quantitative estimate of drug-likeness (QED) is 0.445. The Bertz CT molecular complexity index is 563. The van der Waals surface area contributed by atoms with Crippen molar-refractivity contribution in [3.63, 3.8) is 0 Å². The van der Waals surface area contributed by atoms with Gasteiger partial charge < -0.3 is 11.1 Å². The van der Waals surface area contributed by atoms with Gasteiger partial charge in [-0.25, -0.2) is 15.0 Å². The number of guanidine groups is 1. The van der Waals surface area contributed by atoms with E-state index >= 15 is 0 Å². The molecule has 0 fully saturated rings. The second-order valence-electron chi connectivity index (χ2n) is 4.51. The summed E-state index contributed by atoms with van der Waals surface area (Å²) < 4.78 is 0.